The van der Waals surface area contributed by atoms with Crippen LogP contribution in [0.2, 0.25) is 0 Å². The third-order valence-electron chi connectivity index (χ3n) is 3.37. The zero-order chi connectivity index (χ0) is 14.9. The molecule has 0 radical (unpaired) electrons. The molecule has 2 rings (SSSR count). The number of hydrogen-bond acceptors (Lipinski definition) is 5. The van der Waals surface area contributed by atoms with E-state index in [0.29, 0.717) is 19.8 Å². The lowest BCUT2D eigenvalue weighted by atomic mass is 10.0. The van der Waals surface area contributed by atoms with E-state index >= 15 is 0 Å². The van der Waals surface area contributed by atoms with E-state index in [4.69, 9.17) is 9.57 Å². The van der Waals surface area contributed by atoms with Crippen LogP contribution >= 0.6 is 0 Å². The van der Waals surface area contributed by atoms with E-state index in [1.165, 1.54) is 0 Å². The van der Waals surface area contributed by atoms with Crippen LogP contribution in [0.3, 0.4) is 0 Å². The maximum absolute atomic E-state index is 12.0. The molecule has 1 aromatic rings. The van der Waals surface area contributed by atoms with Crippen LogP contribution in [0, 0.1) is 0 Å². The SMILES string of the molecule is C=CCON[C@H]1CC[C@H](C(=O)OCc2ccccc2)NC1. The Labute approximate surface area is 125 Å². The highest BCUT2D eigenvalue weighted by Gasteiger charge is 2.26. The quantitative estimate of drug-likeness (QED) is 0.345. The van der Waals surface area contributed by atoms with Crippen molar-refractivity contribution in [1.29, 1.82) is 0 Å². The smallest absolute Gasteiger partial charge is 0.323 e. The van der Waals surface area contributed by atoms with Gasteiger partial charge in [-0.3, -0.25) is 9.63 Å². The summed E-state index contributed by atoms with van der Waals surface area (Å²) in [7, 11) is 0. The number of hydrogen-bond donors (Lipinski definition) is 2. The minimum atomic E-state index is -0.230. The van der Waals surface area contributed by atoms with Crippen molar-refractivity contribution < 1.29 is 14.4 Å². The maximum atomic E-state index is 12.0. The molecule has 5 nitrogen and oxygen atoms in total. The number of esters is 1. The van der Waals surface area contributed by atoms with Crippen LogP contribution in [0.25, 0.3) is 0 Å². The number of nitrogens with one attached hydrogen (secondary N) is 2. The summed E-state index contributed by atoms with van der Waals surface area (Å²) in [6.45, 7) is 5.06. The average molecular weight is 290 g/mol. The molecule has 0 aliphatic carbocycles. The predicted molar refractivity (Wildman–Crippen MR) is 80.3 cm³/mol. The van der Waals surface area contributed by atoms with E-state index in [0.717, 1.165) is 18.4 Å². The number of piperidine rings is 1. The van der Waals surface area contributed by atoms with E-state index in [2.05, 4.69) is 17.4 Å². The summed E-state index contributed by atoms with van der Waals surface area (Å²) in [5.41, 5.74) is 3.95. The second kappa shape index (κ2) is 8.56. The molecule has 0 aromatic heterocycles. The first kappa shape index (κ1) is 15.7. The number of hydroxylamine groups is 1. The molecule has 2 atom stereocenters. The van der Waals surface area contributed by atoms with Gasteiger partial charge in [0.05, 0.1) is 6.61 Å². The molecule has 1 heterocycles. The van der Waals surface area contributed by atoms with Gasteiger partial charge in [-0.25, -0.2) is 0 Å². The Morgan fingerprint density at radius 2 is 2.19 bits per heavy atom. The standard InChI is InChI=1S/C16H22N2O3/c1-2-10-21-18-14-8-9-15(17-11-14)16(19)20-12-13-6-4-3-5-7-13/h2-7,14-15,17-18H,1,8-12H2/t14-,15+/m0/s1. The molecule has 1 saturated heterocycles. The monoisotopic (exact) mass is 290 g/mol. The first-order chi connectivity index (χ1) is 10.3. The fourth-order valence-electron chi connectivity index (χ4n) is 2.21. The van der Waals surface area contributed by atoms with Crippen LogP contribution in [0.15, 0.2) is 43.0 Å². The number of benzene rings is 1. The molecule has 0 amide bonds. The Morgan fingerprint density at radius 3 is 2.86 bits per heavy atom. The van der Waals surface area contributed by atoms with Gasteiger partial charge in [0.25, 0.3) is 0 Å². The van der Waals surface area contributed by atoms with Crippen LogP contribution < -0.4 is 10.8 Å². The van der Waals surface area contributed by atoms with Crippen molar-refractivity contribution in [3.8, 4) is 0 Å². The minimum absolute atomic E-state index is 0.190. The van der Waals surface area contributed by atoms with E-state index in [9.17, 15) is 4.79 Å². The van der Waals surface area contributed by atoms with Crippen molar-refractivity contribution in [3.63, 3.8) is 0 Å². The van der Waals surface area contributed by atoms with E-state index in [1.807, 2.05) is 30.3 Å². The van der Waals surface area contributed by atoms with Gasteiger partial charge in [-0.1, -0.05) is 36.4 Å². The van der Waals surface area contributed by atoms with Crippen molar-refractivity contribution in [1.82, 2.24) is 10.8 Å². The number of carbonyl (C=O) groups is 1. The molecular formula is C16H22N2O3. The zero-order valence-corrected chi connectivity index (χ0v) is 12.1. The van der Waals surface area contributed by atoms with Gasteiger partial charge in [0.1, 0.15) is 12.6 Å². The third kappa shape index (κ3) is 5.30. The lowest BCUT2D eigenvalue weighted by Gasteiger charge is -2.28. The first-order valence-corrected chi connectivity index (χ1v) is 7.21. The molecule has 1 aliphatic rings. The Bertz CT molecular complexity index is 442. The molecule has 1 aromatic carbocycles. The molecular weight excluding hydrogens is 268 g/mol. The summed E-state index contributed by atoms with van der Waals surface area (Å²) < 4.78 is 5.33. The highest BCUT2D eigenvalue weighted by atomic mass is 16.6. The van der Waals surface area contributed by atoms with Gasteiger partial charge in [0.2, 0.25) is 0 Å². The van der Waals surface area contributed by atoms with Gasteiger partial charge >= 0.3 is 5.97 Å². The Balaban J connectivity index is 1.67. The Kier molecular flexibility index (Phi) is 6.40. The number of carbonyl (C=O) groups excluding carboxylic acids is 1. The number of ether oxygens (including phenoxy) is 1. The van der Waals surface area contributed by atoms with Gasteiger partial charge in [0.15, 0.2) is 0 Å². The van der Waals surface area contributed by atoms with E-state index < -0.39 is 0 Å². The normalized spacial score (nSPS) is 21.7. The molecule has 0 unspecified atom stereocenters. The topological polar surface area (TPSA) is 59.6 Å². The van der Waals surface area contributed by atoms with Gasteiger partial charge in [-0.15, -0.1) is 6.58 Å². The minimum Gasteiger partial charge on any atom is -0.460 e. The molecule has 1 aliphatic heterocycles. The van der Waals surface area contributed by atoms with Crippen LogP contribution in [0.4, 0.5) is 0 Å². The summed E-state index contributed by atoms with van der Waals surface area (Å²) in [5, 5.41) is 3.19. The molecule has 2 N–H and O–H groups in total. The van der Waals surface area contributed by atoms with Crippen molar-refractivity contribution in [2.45, 2.75) is 31.5 Å². The van der Waals surface area contributed by atoms with Crippen molar-refractivity contribution in [3.05, 3.63) is 48.6 Å². The number of rotatable bonds is 7. The fraction of sp³-hybridized carbons (Fsp3) is 0.438. The second-order valence-electron chi connectivity index (χ2n) is 5.05. The summed E-state index contributed by atoms with van der Waals surface area (Å²) in [6, 6.07) is 9.67. The summed E-state index contributed by atoms with van der Waals surface area (Å²) in [4.78, 5) is 17.2. The molecule has 1 fully saturated rings. The maximum Gasteiger partial charge on any atom is 0.323 e. The predicted octanol–water partition coefficient (Wildman–Crippen LogP) is 1.56. The second-order valence-corrected chi connectivity index (χ2v) is 5.05. The van der Waals surface area contributed by atoms with E-state index in [-0.39, 0.29) is 18.1 Å². The summed E-state index contributed by atoms with van der Waals surface area (Å²) in [5.74, 6) is -0.190. The average Bonchev–Trinajstić information content (AvgIpc) is 2.54. The van der Waals surface area contributed by atoms with Gasteiger partial charge in [-0.05, 0) is 18.4 Å². The first-order valence-electron chi connectivity index (χ1n) is 7.21. The molecule has 0 bridgehead atoms. The van der Waals surface area contributed by atoms with Crippen molar-refractivity contribution in [2.75, 3.05) is 13.2 Å². The van der Waals surface area contributed by atoms with Gasteiger partial charge in [0, 0.05) is 12.6 Å². The van der Waals surface area contributed by atoms with Crippen molar-refractivity contribution >= 4 is 5.97 Å². The highest BCUT2D eigenvalue weighted by Crippen LogP contribution is 2.11. The highest BCUT2D eigenvalue weighted by molar-refractivity contribution is 5.75. The van der Waals surface area contributed by atoms with Crippen LogP contribution in [-0.4, -0.2) is 31.2 Å². The van der Waals surface area contributed by atoms with E-state index in [1.54, 1.807) is 6.08 Å². The fourth-order valence-corrected chi connectivity index (χ4v) is 2.21. The van der Waals surface area contributed by atoms with Gasteiger partial charge in [-0.2, -0.15) is 5.48 Å². The van der Waals surface area contributed by atoms with Crippen LogP contribution in [0.5, 0.6) is 0 Å². The summed E-state index contributed by atoms with van der Waals surface area (Å²) >= 11 is 0. The van der Waals surface area contributed by atoms with Crippen LogP contribution in [-0.2, 0) is 21.0 Å². The lowest BCUT2D eigenvalue weighted by molar-refractivity contribution is -0.148. The largest absolute Gasteiger partial charge is 0.460 e. The molecule has 114 valence electrons. The molecule has 21 heavy (non-hydrogen) atoms. The Hall–Kier alpha value is -1.69. The van der Waals surface area contributed by atoms with Gasteiger partial charge < -0.3 is 10.1 Å². The Morgan fingerprint density at radius 1 is 1.38 bits per heavy atom. The summed E-state index contributed by atoms with van der Waals surface area (Å²) in [6.07, 6.45) is 3.30. The lowest BCUT2D eigenvalue weighted by Crippen LogP contribution is -2.51. The molecule has 0 spiro atoms. The zero-order valence-electron chi connectivity index (χ0n) is 12.1. The van der Waals surface area contributed by atoms with Crippen molar-refractivity contribution in [2.24, 2.45) is 0 Å². The third-order valence-corrected chi connectivity index (χ3v) is 3.37. The molecule has 0 saturated carbocycles. The molecule has 5 heteroatoms. The van der Waals surface area contributed by atoms with Crippen LogP contribution in [0.1, 0.15) is 18.4 Å².